The van der Waals surface area contributed by atoms with Crippen molar-refractivity contribution in [2.24, 2.45) is 0 Å². The maximum atomic E-state index is 2.61. The van der Waals surface area contributed by atoms with Crippen molar-refractivity contribution in [2.45, 2.75) is 39.1 Å². The molecule has 0 spiro atoms. The summed E-state index contributed by atoms with van der Waals surface area (Å²) in [5.74, 6) is 0. The Morgan fingerprint density at radius 2 is 1.44 bits per heavy atom. The van der Waals surface area contributed by atoms with Gasteiger partial charge in [-0.25, -0.2) is 0 Å². The number of hydrogen-bond donors (Lipinski definition) is 0. The smallest absolute Gasteiger partial charge is 0.0443 e. The second kappa shape index (κ2) is 8.23. The molecule has 3 heteroatoms. The lowest BCUT2D eigenvalue weighted by Gasteiger charge is -2.30. The Morgan fingerprint density at radius 1 is 0.719 bits per heavy atom. The Bertz CT molecular complexity index is 1150. The van der Waals surface area contributed by atoms with E-state index in [2.05, 4.69) is 94.6 Å². The molecule has 0 amide bonds. The van der Waals surface area contributed by atoms with E-state index in [1.165, 1.54) is 44.6 Å². The van der Waals surface area contributed by atoms with Gasteiger partial charge < -0.3 is 4.90 Å². The molecule has 0 N–H and O–H groups in total. The quantitative estimate of drug-likeness (QED) is 0.572. The van der Waals surface area contributed by atoms with Gasteiger partial charge in [0.15, 0.2) is 0 Å². The number of benzene rings is 3. The van der Waals surface area contributed by atoms with Crippen LogP contribution in [0.1, 0.15) is 38.9 Å². The van der Waals surface area contributed by atoms with E-state index in [0.29, 0.717) is 0 Å². The van der Waals surface area contributed by atoms with Crippen molar-refractivity contribution in [3.05, 3.63) is 106 Å². The van der Waals surface area contributed by atoms with Crippen LogP contribution >= 0.6 is 0 Å². The van der Waals surface area contributed by atoms with Gasteiger partial charge in [0.2, 0.25) is 0 Å². The van der Waals surface area contributed by atoms with E-state index in [1.54, 1.807) is 0 Å². The summed E-state index contributed by atoms with van der Waals surface area (Å²) in [6.45, 7) is 7.39. The molecule has 0 atom stereocenters. The Labute approximate surface area is 191 Å². The van der Waals surface area contributed by atoms with Crippen LogP contribution in [-0.2, 0) is 39.1 Å². The average molecular weight is 422 g/mol. The van der Waals surface area contributed by atoms with Gasteiger partial charge in [0.25, 0.3) is 0 Å². The number of fused-ring (bicyclic) bond motifs is 3. The fourth-order valence-corrected chi connectivity index (χ4v) is 5.53. The second-order valence-corrected chi connectivity index (χ2v) is 9.65. The summed E-state index contributed by atoms with van der Waals surface area (Å²) < 4.78 is 0. The van der Waals surface area contributed by atoms with Gasteiger partial charge in [-0.2, -0.15) is 0 Å². The zero-order chi connectivity index (χ0) is 21.5. The molecular weight excluding hydrogens is 390 g/mol. The van der Waals surface area contributed by atoms with Crippen LogP contribution in [0.3, 0.4) is 0 Å². The molecule has 0 saturated carbocycles. The number of likely N-dealkylation sites (N-methyl/N-ethyl adjacent to an activating group) is 1. The molecule has 0 radical (unpaired) electrons. The zero-order valence-corrected chi connectivity index (χ0v) is 18.9. The largest absolute Gasteiger partial charge is 0.370 e. The molecular formula is C29H31N3. The van der Waals surface area contributed by atoms with Crippen molar-refractivity contribution in [1.29, 1.82) is 0 Å². The predicted octanol–water partition coefficient (Wildman–Crippen LogP) is 5.22. The van der Waals surface area contributed by atoms with E-state index in [9.17, 15) is 0 Å². The molecule has 0 aliphatic carbocycles. The van der Waals surface area contributed by atoms with Crippen molar-refractivity contribution in [3.63, 3.8) is 0 Å². The molecule has 32 heavy (non-hydrogen) atoms. The maximum absolute atomic E-state index is 2.61. The van der Waals surface area contributed by atoms with Crippen LogP contribution < -0.4 is 4.90 Å². The summed E-state index contributed by atoms with van der Waals surface area (Å²) in [5, 5.41) is 0. The molecule has 0 bridgehead atoms. The molecule has 3 nitrogen and oxygen atoms in total. The highest BCUT2D eigenvalue weighted by Crippen LogP contribution is 2.29. The first-order valence-corrected chi connectivity index (χ1v) is 11.8. The van der Waals surface area contributed by atoms with E-state index in [1.807, 2.05) is 0 Å². The molecule has 3 heterocycles. The van der Waals surface area contributed by atoms with Crippen LogP contribution in [-0.4, -0.2) is 29.9 Å². The van der Waals surface area contributed by atoms with Crippen molar-refractivity contribution in [2.75, 3.05) is 25.0 Å². The Balaban J connectivity index is 1.14. The minimum atomic E-state index is 0.998. The lowest BCUT2D eigenvalue weighted by molar-refractivity contribution is 0.244. The SMILES string of the molecule is CN1CC=Cc2ccc(CN3CCc4ccc(CN5Cc6ccccc6C5)cc4C3)cc21. The summed E-state index contributed by atoms with van der Waals surface area (Å²) in [5.41, 5.74) is 11.6. The highest BCUT2D eigenvalue weighted by atomic mass is 15.1. The van der Waals surface area contributed by atoms with Crippen LogP contribution in [0.4, 0.5) is 5.69 Å². The van der Waals surface area contributed by atoms with Gasteiger partial charge in [-0.3, -0.25) is 9.80 Å². The molecule has 0 unspecified atom stereocenters. The Kier molecular flexibility index (Phi) is 5.09. The number of anilines is 1. The predicted molar refractivity (Wildman–Crippen MR) is 132 cm³/mol. The third-order valence-corrected chi connectivity index (χ3v) is 7.26. The summed E-state index contributed by atoms with van der Waals surface area (Å²) in [6, 6.07) is 23.0. The van der Waals surface area contributed by atoms with Gasteiger partial charge in [-0.05, 0) is 51.4 Å². The van der Waals surface area contributed by atoms with Crippen LogP contribution in [0.5, 0.6) is 0 Å². The van der Waals surface area contributed by atoms with Crippen LogP contribution in [0, 0.1) is 0 Å². The molecule has 162 valence electrons. The minimum absolute atomic E-state index is 0.998. The highest BCUT2D eigenvalue weighted by Gasteiger charge is 2.21. The van der Waals surface area contributed by atoms with Gasteiger partial charge in [-0.15, -0.1) is 0 Å². The standard InChI is InChI=1S/C29H31N3/c1-30-13-4-7-25-11-9-23(16-29(25)30)17-31-14-12-24-10-8-22(15-28(24)21-31)18-32-19-26-5-2-3-6-27(26)20-32/h2-11,15-16H,12-14,17-21H2,1H3. The third-order valence-electron chi connectivity index (χ3n) is 7.26. The molecule has 3 aliphatic rings. The topological polar surface area (TPSA) is 9.72 Å². The van der Waals surface area contributed by atoms with Crippen molar-refractivity contribution in [3.8, 4) is 0 Å². The molecule has 0 aromatic heterocycles. The van der Waals surface area contributed by atoms with E-state index < -0.39 is 0 Å². The number of nitrogens with zero attached hydrogens (tertiary/aromatic N) is 3. The molecule has 0 fully saturated rings. The first kappa shape index (κ1) is 19.8. The summed E-state index contributed by atoms with van der Waals surface area (Å²) >= 11 is 0. The fraction of sp³-hybridized carbons (Fsp3) is 0.310. The highest BCUT2D eigenvalue weighted by molar-refractivity contribution is 5.71. The molecule has 0 saturated heterocycles. The van der Waals surface area contributed by atoms with E-state index in [-0.39, 0.29) is 0 Å². The monoisotopic (exact) mass is 421 g/mol. The normalized spacial score (nSPS) is 17.8. The van der Waals surface area contributed by atoms with Gasteiger partial charge in [0, 0.05) is 58.5 Å². The van der Waals surface area contributed by atoms with E-state index in [4.69, 9.17) is 0 Å². The summed E-state index contributed by atoms with van der Waals surface area (Å²) in [6.07, 6.45) is 5.64. The zero-order valence-electron chi connectivity index (χ0n) is 18.9. The number of rotatable bonds is 4. The van der Waals surface area contributed by atoms with Crippen molar-refractivity contribution < 1.29 is 0 Å². The average Bonchev–Trinajstić information content (AvgIpc) is 3.22. The van der Waals surface area contributed by atoms with Gasteiger partial charge in [0.1, 0.15) is 0 Å². The molecule has 3 aromatic rings. The van der Waals surface area contributed by atoms with Crippen LogP contribution in [0.15, 0.2) is 66.7 Å². The summed E-state index contributed by atoms with van der Waals surface area (Å²) in [7, 11) is 2.18. The first-order valence-electron chi connectivity index (χ1n) is 11.8. The van der Waals surface area contributed by atoms with E-state index in [0.717, 1.165) is 52.2 Å². The van der Waals surface area contributed by atoms with Gasteiger partial charge >= 0.3 is 0 Å². The lowest BCUT2D eigenvalue weighted by atomic mass is 9.96. The van der Waals surface area contributed by atoms with Crippen LogP contribution in [0.25, 0.3) is 6.08 Å². The minimum Gasteiger partial charge on any atom is -0.370 e. The second-order valence-electron chi connectivity index (χ2n) is 9.65. The Morgan fingerprint density at radius 3 is 2.28 bits per heavy atom. The maximum Gasteiger partial charge on any atom is 0.0443 e. The van der Waals surface area contributed by atoms with Crippen molar-refractivity contribution in [1.82, 2.24) is 9.80 Å². The van der Waals surface area contributed by atoms with Gasteiger partial charge in [0.05, 0.1) is 0 Å². The third kappa shape index (κ3) is 3.87. The number of hydrogen-bond acceptors (Lipinski definition) is 3. The molecule has 3 aliphatic heterocycles. The molecule has 3 aromatic carbocycles. The lowest BCUT2D eigenvalue weighted by Crippen LogP contribution is -2.30. The van der Waals surface area contributed by atoms with Crippen molar-refractivity contribution >= 4 is 11.8 Å². The van der Waals surface area contributed by atoms with Crippen LogP contribution in [0.2, 0.25) is 0 Å². The molecule has 6 rings (SSSR count). The summed E-state index contributed by atoms with van der Waals surface area (Å²) in [4.78, 5) is 7.51. The Hall–Kier alpha value is -2.88. The first-order chi connectivity index (χ1) is 15.7. The fourth-order valence-electron chi connectivity index (χ4n) is 5.53. The van der Waals surface area contributed by atoms with E-state index >= 15 is 0 Å². The van der Waals surface area contributed by atoms with Gasteiger partial charge in [-0.1, -0.05) is 66.7 Å².